The molecule has 3 heteroatoms. The molecule has 0 saturated carbocycles. The first kappa shape index (κ1) is 18.6. The summed E-state index contributed by atoms with van der Waals surface area (Å²) in [5, 5.41) is 0. The van der Waals surface area contributed by atoms with Gasteiger partial charge in [0, 0.05) is 6.42 Å². The van der Waals surface area contributed by atoms with Gasteiger partial charge < -0.3 is 14.2 Å². The molecule has 4 rings (SSSR count). The molecule has 0 aliphatic carbocycles. The predicted octanol–water partition coefficient (Wildman–Crippen LogP) is 5.66. The first-order valence-corrected chi connectivity index (χ1v) is 9.80. The molecule has 1 heterocycles. The normalized spacial score (nSPS) is 21.4. The van der Waals surface area contributed by atoms with Crippen molar-refractivity contribution in [2.45, 2.75) is 38.6 Å². The third kappa shape index (κ3) is 4.55. The van der Waals surface area contributed by atoms with Gasteiger partial charge in [-0.1, -0.05) is 65.7 Å². The van der Waals surface area contributed by atoms with Gasteiger partial charge in [0.15, 0.2) is 0 Å². The Bertz CT molecular complexity index is 872. The van der Waals surface area contributed by atoms with Crippen molar-refractivity contribution in [3.63, 3.8) is 0 Å². The Morgan fingerprint density at radius 3 is 2.04 bits per heavy atom. The second-order valence-corrected chi connectivity index (χ2v) is 7.40. The first-order valence-electron chi connectivity index (χ1n) is 9.80. The summed E-state index contributed by atoms with van der Waals surface area (Å²) in [5.74, 6) is 1.72. The van der Waals surface area contributed by atoms with Crippen LogP contribution < -0.4 is 9.47 Å². The number of hydrogen-bond donors (Lipinski definition) is 0. The molecule has 1 fully saturated rings. The molecule has 3 atom stereocenters. The Kier molecular flexibility index (Phi) is 5.63. The monoisotopic (exact) mass is 374 g/mol. The van der Waals surface area contributed by atoms with Crippen LogP contribution in [-0.4, -0.2) is 18.8 Å². The molecule has 0 radical (unpaired) electrons. The van der Waals surface area contributed by atoms with Gasteiger partial charge in [-0.3, -0.25) is 0 Å². The van der Waals surface area contributed by atoms with E-state index >= 15 is 0 Å². The predicted molar refractivity (Wildman–Crippen MR) is 111 cm³/mol. The highest BCUT2D eigenvalue weighted by molar-refractivity contribution is 5.28. The lowest BCUT2D eigenvalue weighted by Gasteiger charge is -2.20. The fraction of sp³-hybridized carbons (Fsp3) is 0.280. The lowest BCUT2D eigenvalue weighted by Crippen LogP contribution is -2.32. The van der Waals surface area contributed by atoms with Crippen molar-refractivity contribution in [2.24, 2.45) is 0 Å². The first-order chi connectivity index (χ1) is 13.7. The van der Waals surface area contributed by atoms with E-state index in [2.05, 4.69) is 50.2 Å². The Morgan fingerprint density at radius 2 is 1.39 bits per heavy atom. The van der Waals surface area contributed by atoms with E-state index in [0.717, 1.165) is 17.9 Å². The SMILES string of the molecule is Cc1ccc(OC[C@H]2O[C@H](c3ccccc3)C[C@@H]2Oc2ccc(C)cc2)cc1. The number of aryl methyl sites for hydroxylation is 2. The molecule has 28 heavy (non-hydrogen) atoms. The highest BCUT2D eigenvalue weighted by atomic mass is 16.6. The maximum Gasteiger partial charge on any atom is 0.131 e. The van der Waals surface area contributed by atoms with Crippen LogP contribution in [0, 0.1) is 13.8 Å². The summed E-state index contributed by atoms with van der Waals surface area (Å²) >= 11 is 0. The summed E-state index contributed by atoms with van der Waals surface area (Å²) in [6.07, 6.45) is 0.634. The van der Waals surface area contributed by atoms with Gasteiger partial charge >= 0.3 is 0 Å². The average molecular weight is 374 g/mol. The van der Waals surface area contributed by atoms with Crippen LogP contribution in [0.5, 0.6) is 11.5 Å². The summed E-state index contributed by atoms with van der Waals surface area (Å²) in [4.78, 5) is 0. The van der Waals surface area contributed by atoms with Gasteiger partial charge in [0.1, 0.15) is 30.3 Å². The zero-order valence-electron chi connectivity index (χ0n) is 16.4. The Labute approximate surface area is 166 Å². The largest absolute Gasteiger partial charge is 0.491 e. The zero-order valence-corrected chi connectivity index (χ0v) is 16.4. The van der Waals surface area contributed by atoms with Crippen molar-refractivity contribution in [3.8, 4) is 11.5 Å². The molecule has 0 amide bonds. The van der Waals surface area contributed by atoms with Crippen LogP contribution in [0.1, 0.15) is 29.2 Å². The lowest BCUT2D eigenvalue weighted by molar-refractivity contribution is -0.0107. The number of benzene rings is 3. The maximum atomic E-state index is 6.35. The molecule has 0 unspecified atom stereocenters. The third-order valence-electron chi connectivity index (χ3n) is 5.12. The lowest BCUT2D eigenvalue weighted by atomic mass is 10.0. The van der Waals surface area contributed by atoms with E-state index in [9.17, 15) is 0 Å². The summed E-state index contributed by atoms with van der Waals surface area (Å²) in [6, 6.07) is 26.6. The van der Waals surface area contributed by atoms with Crippen LogP contribution in [0.15, 0.2) is 78.9 Å². The number of rotatable bonds is 6. The minimum Gasteiger partial charge on any atom is -0.491 e. The Morgan fingerprint density at radius 1 is 0.786 bits per heavy atom. The quantitative estimate of drug-likeness (QED) is 0.557. The molecular formula is C25H26O3. The Balaban J connectivity index is 1.48. The molecular weight excluding hydrogens is 348 g/mol. The average Bonchev–Trinajstić information content (AvgIpc) is 3.13. The van der Waals surface area contributed by atoms with Gasteiger partial charge in [-0.2, -0.15) is 0 Å². The van der Waals surface area contributed by atoms with Crippen molar-refractivity contribution in [2.75, 3.05) is 6.61 Å². The van der Waals surface area contributed by atoms with Crippen LogP contribution in [0.4, 0.5) is 0 Å². The van der Waals surface area contributed by atoms with Gasteiger partial charge in [0.25, 0.3) is 0 Å². The molecule has 0 bridgehead atoms. The highest BCUT2D eigenvalue weighted by Gasteiger charge is 2.38. The van der Waals surface area contributed by atoms with Crippen LogP contribution in [0.3, 0.4) is 0 Å². The van der Waals surface area contributed by atoms with Gasteiger partial charge in [-0.15, -0.1) is 0 Å². The van der Waals surface area contributed by atoms with Crippen molar-refractivity contribution in [1.29, 1.82) is 0 Å². The molecule has 0 aromatic heterocycles. The van der Waals surface area contributed by atoms with E-state index in [1.807, 2.05) is 42.5 Å². The standard InChI is InChI=1S/C25H26O3/c1-18-8-12-21(13-9-18)26-17-25-24(27-22-14-10-19(2)11-15-22)16-23(28-25)20-6-4-3-5-7-20/h3-15,23-25H,16-17H2,1-2H3/t23-,24-,25+/m0/s1. The Hall–Kier alpha value is -2.78. The van der Waals surface area contributed by atoms with Crippen molar-refractivity contribution >= 4 is 0 Å². The molecule has 1 saturated heterocycles. The summed E-state index contributed by atoms with van der Waals surface area (Å²) in [7, 11) is 0. The molecule has 3 aromatic carbocycles. The van der Waals surface area contributed by atoms with E-state index in [1.54, 1.807) is 0 Å². The molecule has 0 N–H and O–H groups in total. The fourth-order valence-electron chi connectivity index (χ4n) is 3.47. The molecule has 3 nitrogen and oxygen atoms in total. The topological polar surface area (TPSA) is 27.7 Å². The fourth-order valence-corrected chi connectivity index (χ4v) is 3.47. The molecule has 1 aliphatic rings. The molecule has 3 aromatic rings. The highest BCUT2D eigenvalue weighted by Crippen LogP contribution is 2.35. The minimum absolute atomic E-state index is 0.0169. The van der Waals surface area contributed by atoms with E-state index in [0.29, 0.717) is 6.61 Å². The molecule has 1 aliphatic heterocycles. The van der Waals surface area contributed by atoms with Crippen molar-refractivity contribution < 1.29 is 14.2 Å². The van der Waals surface area contributed by atoms with E-state index < -0.39 is 0 Å². The van der Waals surface area contributed by atoms with E-state index in [4.69, 9.17) is 14.2 Å². The second-order valence-electron chi connectivity index (χ2n) is 7.40. The zero-order chi connectivity index (χ0) is 19.3. The van der Waals surface area contributed by atoms with Crippen molar-refractivity contribution in [1.82, 2.24) is 0 Å². The molecule has 144 valence electrons. The third-order valence-corrected chi connectivity index (χ3v) is 5.12. The van der Waals surface area contributed by atoms with Crippen LogP contribution in [0.25, 0.3) is 0 Å². The van der Waals surface area contributed by atoms with E-state index in [-0.39, 0.29) is 18.3 Å². The summed E-state index contributed by atoms with van der Waals surface area (Å²) < 4.78 is 18.7. The van der Waals surface area contributed by atoms with Crippen LogP contribution in [-0.2, 0) is 4.74 Å². The van der Waals surface area contributed by atoms with Crippen LogP contribution >= 0.6 is 0 Å². The van der Waals surface area contributed by atoms with Gasteiger partial charge in [0.2, 0.25) is 0 Å². The summed E-state index contributed by atoms with van der Waals surface area (Å²) in [6.45, 7) is 4.61. The van der Waals surface area contributed by atoms with Gasteiger partial charge in [-0.05, 0) is 43.7 Å². The summed E-state index contributed by atoms with van der Waals surface area (Å²) in [5.41, 5.74) is 3.61. The van der Waals surface area contributed by atoms with Crippen molar-refractivity contribution in [3.05, 3.63) is 95.6 Å². The number of ether oxygens (including phenoxy) is 3. The minimum atomic E-state index is -0.132. The smallest absolute Gasteiger partial charge is 0.131 e. The van der Waals surface area contributed by atoms with Gasteiger partial charge in [-0.25, -0.2) is 0 Å². The van der Waals surface area contributed by atoms with Crippen LogP contribution in [0.2, 0.25) is 0 Å². The second kappa shape index (κ2) is 8.49. The van der Waals surface area contributed by atoms with E-state index in [1.165, 1.54) is 16.7 Å². The van der Waals surface area contributed by atoms with Gasteiger partial charge in [0.05, 0.1) is 6.10 Å². The molecule has 0 spiro atoms. The number of hydrogen-bond acceptors (Lipinski definition) is 3. The maximum absolute atomic E-state index is 6.35.